The lowest BCUT2D eigenvalue weighted by atomic mass is 10.1. The van der Waals surface area contributed by atoms with Crippen molar-refractivity contribution < 1.29 is 19.4 Å². The molecule has 130 valence electrons. The van der Waals surface area contributed by atoms with Crippen LogP contribution in [0.15, 0.2) is 36.4 Å². The Morgan fingerprint density at radius 1 is 1.20 bits per heavy atom. The number of nitrogens with one attached hydrogen (secondary N) is 1. The van der Waals surface area contributed by atoms with E-state index in [1.54, 1.807) is 24.3 Å². The molecular formula is C19H18ClNO4. The average molecular weight is 360 g/mol. The number of carbonyl (C=O) groups excluding carboxylic acids is 1. The molecule has 25 heavy (non-hydrogen) atoms. The molecule has 1 aliphatic carbocycles. The van der Waals surface area contributed by atoms with Crippen molar-refractivity contribution in [2.24, 2.45) is 0 Å². The molecule has 0 aromatic heterocycles. The van der Waals surface area contributed by atoms with E-state index in [0.717, 1.165) is 0 Å². The number of benzene rings is 2. The molecule has 2 aromatic rings. The zero-order chi connectivity index (χ0) is 17.4. The third kappa shape index (κ3) is 3.43. The third-order valence-corrected chi connectivity index (χ3v) is 4.72. The predicted molar refractivity (Wildman–Crippen MR) is 94.8 cm³/mol. The van der Waals surface area contributed by atoms with Crippen LogP contribution in [0.1, 0.15) is 34.7 Å². The van der Waals surface area contributed by atoms with Crippen molar-refractivity contribution in [2.75, 3.05) is 18.5 Å². The maximum atomic E-state index is 12.5. The first kappa shape index (κ1) is 16.2. The van der Waals surface area contributed by atoms with Crippen molar-refractivity contribution in [3.63, 3.8) is 0 Å². The molecule has 0 spiro atoms. The second-order valence-electron chi connectivity index (χ2n) is 6.36. The van der Waals surface area contributed by atoms with E-state index >= 15 is 0 Å². The van der Waals surface area contributed by atoms with Gasteiger partial charge < -0.3 is 19.9 Å². The number of hydrogen-bond donors (Lipinski definition) is 2. The topological polar surface area (TPSA) is 67.8 Å². The molecule has 0 saturated heterocycles. The molecule has 1 amide bonds. The van der Waals surface area contributed by atoms with Gasteiger partial charge in [0.1, 0.15) is 6.61 Å². The van der Waals surface area contributed by atoms with Crippen LogP contribution in [0.2, 0.25) is 5.02 Å². The second kappa shape index (κ2) is 6.58. The normalized spacial score (nSPS) is 18.7. The summed E-state index contributed by atoms with van der Waals surface area (Å²) in [6.07, 6.45) is 2.02. The van der Waals surface area contributed by atoms with Crippen LogP contribution in [-0.2, 0) is 0 Å². The van der Waals surface area contributed by atoms with Gasteiger partial charge in [-0.1, -0.05) is 17.7 Å². The fraction of sp³-hybridized carbons (Fsp3) is 0.316. The third-order valence-electron chi connectivity index (χ3n) is 4.41. The summed E-state index contributed by atoms with van der Waals surface area (Å²) in [4.78, 5) is 12.5. The molecule has 2 N–H and O–H groups in total. The van der Waals surface area contributed by atoms with Gasteiger partial charge in [0.2, 0.25) is 0 Å². The SMILES string of the molecule is O=C(Nc1ccc2c(c1)OCC(CO)O2)c1ccc(C2CC2)cc1Cl. The van der Waals surface area contributed by atoms with Gasteiger partial charge in [-0.25, -0.2) is 0 Å². The van der Waals surface area contributed by atoms with Crippen molar-refractivity contribution in [3.8, 4) is 11.5 Å². The number of anilines is 1. The fourth-order valence-electron chi connectivity index (χ4n) is 2.87. The summed E-state index contributed by atoms with van der Waals surface area (Å²) in [5, 5.41) is 12.4. The number of aliphatic hydroxyl groups excluding tert-OH is 1. The van der Waals surface area contributed by atoms with Gasteiger partial charge in [0.25, 0.3) is 5.91 Å². The number of ether oxygens (including phenoxy) is 2. The number of aliphatic hydroxyl groups is 1. The van der Waals surface area contributed by atoms with E-state index < -0.39 is 0 Å². The Labute approximate surface area is 150 Å². The highest BCUT2D eigenvalue weighted by Gasteiger charge is 2.25. The van der Waals surface area contributed by atoms with E-state index in [9.17, 15) is 4.79 Å². The Morgan fingerprint density at radius 3 is 2.76 bits per heavy atom. The predicted octanol–water partition coefficient (Wildman–Crippen LogP) is 3.60. The monoisotopic (exact) mass is 359 g/mol. The Balaban J connectivity index is 1.49. The first-order valence-electron chi connectivity index (χ1n) is 8.29. The summed E-state index contributed by atoms with van der Waals surface area (Å²) in [6, 6.07) is 10.8. The fourth-order valence-corrected chi connectivity index (χ4v) is 3.14. The molecule has 0 bridgehead atoms. The molecular weight excluding hydrogens is 342 g/mol. The largest absolute Gasteiger partial charge is 0.486 e. The number of fused-ring (bicyclic) bond motifs is 1. The molecule has 6 heteroatoms. The minimum absolute atomic E-state index is 0.104. The molecule has 1 atom stereocenters. The van der Waals surface area contributed by atoms with Gasteiger partial charge in [-0.05, 0) is 48.6 Å². The number of rotatable bonds is 4. The molecule has 1 aliphatic heterocycles. The zero-order valence-corrected chi connectivity index (χ0v) is 14.3. The highest BCUT2D eigenvalue weighted by molar-refractivity contribution is 6.34. The Kier molecular flexibility index (Phi) is 4.27. The van der Waals surface area contributed by atoms with Crippen LogP contribution in [-0.4, -0.2) is 30.3 Å². The first-order valence-corrected chi connectivity index (χ1v) is 8.67. The quantitative estimate of drug-likeness (QED) is 0.875. The Morgan fingerprint density at radius 2 is 2.04 bits per heavy atom. The number of amides is 1. The Bertz CT molecular complexity index is 819. The lowest BCUT2D eigenvalue weighted by Gasteiger charge is -2.25. The highest BCUT2D eigenvalue weighted by atomic mass is 35.5. The van der Waals surface area contributed by atoms with Crippen LogP contribution >= 0.6 is 11.6 Å². The zero-order valence-electron chi connectivity index (χ0n) is 13.5. The number of halogens is 1. The molecule has 0 radical (unpaired) electrons. The van der Waals surface area contributed by atoms with Gasteiger partial charge in [0.15, 0.2) is 17.6 Å². The van der Waals surface area contributed by atoms with Crippen LogP contribution in [0.5, 0.6) is 11.5 Å². The summed E-state index contributed by atoms with van der Waals surface area (Å²) < 4.78 is 11.1. The first-order chi connectivity index (χ1) is 12.1. The Hall–Kier alpha value is -2.24. The minimum Gasteiger partial charge on any atom is -0.486 e. The molecule has 5 nitrogen and oxygen atoms in total. The van der Waals surface area contributed by atoms with E-state index in [1.165, 1.54) is 18.4 Å². The van der Waals surface area contributed by atoms with E-state index in [1.807, 2.05) is 12.1 Å². The van der Waals surface area contributed by atoms with Crippen LogP contribution in [0, 0.1) is 0 Å². The van der Waals surface area contributed by atoms with Gasteiger partial charge in [-0.3, -0.25) is 4.79 Å². The van der Waals surface area contributed by atoms with Crippen molar-refractivity contribution in [1.82, 2.24) is 0 Å². The molecule has 2 aromatic carbocycles. The van der Waals surface area contributed by atoms with Crippen LogP contribution in [0.25, 0.3) is 0 Å². The van der Waals surface area contributed by atoms with Crippen LogP contribution in [0.4, 0.5) is 5.69 Å². The molecule has 1 unspecified atom stereocenters. The summed E-state index contributed by atoms with van der Waals surface area (Å²) >= 11 is 6.28. The summed E-state index contributed by atoms with van der Waals surface area (Å²) in [5.74, 6) is 1.42. The molecule has 1 saturated carbocycles. The number of hydrogen-bond acceptors (Lipinski definition) is 4. The van der Waals surface area contributed by atoms with E-state index in [2.05, 4.69) is 5.32 Å². The van der Waals surface area contributed by atoms with Gasteiger partial charge in [0, 0.05) is 11.8 Å². The van der Waals surface area contributed by atoms with Crippen LogP contribution < -0.4 is 14.8 Å². The molecule has 1 heterocycles. The van der Waals surface area contributed by atoms with E-state index in [4.69, 9.17) is 26.2 Å². The van der Waals surface area contributed by atoms with Crippen molar-refractivity contribution >= 4 is 23.2 Å². The summed E-state index contributed by atoms with van der Waals surface area (Å²) in [5.41, 5.74) is 2.23. The number of carbonyl (C=O) groups is 1. The van der Waals surface area contributed by atoms with Crippen molar-refractivity contribution in [2.45, 2.75) is 24.9 Å². The molecule has 2 aliphatic rings. The van der Waals surface area contributed by atoms with Gasteiger partial charge >= 0.3 is 0 Å². The van der Waals surface area contributed by atoms with Crippen molar-refractivity contribution in [1.29, 1.82) is 0 Å². The van der Waals surface area contributed by atoms with Gasteiger partial charge in [-0.15, -0.1) is 0 Å². The summed E-state index contributed by atoms with van der Waals surface area (Å²) in [6.45, 7) is 0.169. The van der Waals surface area contributed by atoms with Gasteiger partial charge in [-0.2, -0.15) is 0 Å². The maximum absolute atomic E-state index is 12.5. The molecule has 1 fully saturated rings. The summed E-state index contributed by atoms with van der Waals surface area (Å²) in [7, 11) is 0. The molecule has 4 rings (SSSR count). The van der Waals surface area contributed by atoms with E-state index in [0.29, 0.717) is 33.7 Å². The lowest BCUT2D eigenvalue weighted by Crippen LogP contribution is -2.32. The minimum atomic E-state index is -0.364. The van der Waals surface area contributed by atoms with Crippen molar-refractivity contribution in [3.05, 3.63) is 52.5 Å². The standard InChI is InChI=1S/C19H18ClNO4/c20-16-7-12(11-1-2-11)3-5-15(16)19(23)21-13-4-6-17-18(8-13)24-10-14(9-22)25-17/h3-8,11,14,22H,1-2,9-10H2,(H,21,23). The van der Waals surface area contributed by atoms with E-state index in [-0.39, 0.29) is 25.2 Å². The van der Waals surface area contributed by atoms with Gasteiger partial charge in [0.05, 0.1) is 17.2 Å². The highest BCUT2D eigenvalue weighted by Crippen LogP contribution is 2.41. The second-order valence-corrected chi connectivity index (χ2v) is 6.77. The smallest absolute Gasteiger partial charge is 0.257 e. The maximum Gasteiger partial charge on any atom is 0.257 e. The average Bonchev–Trinajstić information content (AvgIpc) is 3.46. The van der Waals surface area contributed by atoms with Crippen LogP contribution in [0.3, 0.4) is 0 Å². The lowest BCUT2D eigenvalue weighted by molar-refractivity contribution is 0.0457.